The lowest BCUT2D eigenvalue weighted by molar-refractivity contribution is 0.337. The molecule has 0 fully saturated rings. The van der Waals surface area contributed by atoms with Crippen molar-refractivity contribution >= 4 is 21.4 Å². The number of thiophene rings is 1. The standard InChI is InChI=1S/C14H26N2O2S2/c1-6-15-10-13-14(7-8-19-13)20(17,18)16(5)12(4)9-11(2)3/h7-8,11-12,15H,6,9-10H2,1-5H3. The van der Waals surface area contributed by atoms with E-state index >= 15 is 0 Å². The van der Waals surface area contributed by atoms with Gasteiger partial charge in [0, 0.05) is 24.5 Å². The summed E-state index contributed by atoms with van der Waals surface area (Å²) in [5.74, 6) is 0.478. The monoisotopic (exact) mass is 318 g/mol. The summed E-state index contributed by atoms with van der Waals surface area (Å²) in [6.45, 7) is 9.63. The Labute approximate surface area is 127 Å². The summed E-state index contributed by atoms with van der Waals surface area (Å²) in [5.41, 5.74) is 0. The zero-order valence-corrected chi connectivity index (χ0v) is 14.6. The Morgan fingerprint density at radius 1 is 1.35 bits per heavy atom. The van der Waals surface area contributed by atoms with Gasteiger partial charge in [0.1, 0.15) is 0 Å². The van der Waals surface area contributed by atoms with Crippen molar-refractivity contribution in [1.82, 2.24) is 9.62 Å². The third kappa shape index (κ3) is 4.28. The lowest BCUT2D eigenvalue weighted by Crippen LogP contribution is -2.36. The molecule has 6 heteroatoms. The van der Waals surface area contributed by atoms with Crippen LogP contribution in [0.2, 0.25) is 0 Å². The Morgan fingerprint density at radius 3 is 2.55 bits per heavy atom. The average Bonchev–Trinajstić information content (AvgIpc) is 2.83. The van der Waals surface area contributed by atoms with Crippen molar-refractivity contribution in [1.29, 1.82) is 0 Å². The molecule has 0 saturated heterocycles. The Balaban J connectivity index is 2.95. The Morgan fingerprint density at radius 2 is 2.00 bits per heavy atom. The smallest absolute Gasteiger partial charge is 0.244 e. The molecule has 1 aromatic rings. The van der Waals surface area contributed by atoms with Crippen molar-refractivity contribution in [2.24, 2.45) is 5.92 Å². The van der Waals surface area contributed by atoms with Gasteiger partial charge in [0.05, 0.1) is 4.90 Å². The van der Waals surface area contributed by atoms with Gasteiger partial charge in [0.15, 0.2) is 0 Å². The summed E-state index contributed by atoms with van der Waals surface area (Å²) < 4.78 is 26.9. The largest absolute Gasteiger partial charge is 0.312 e. The lowest BCUT2D eigenvalue weighted by Gasteiger charge is -2.25. The molecule has 1 heterocycles. The molecule has 0 saturated carbocycles. The zero-order chi connectivity index (χ0) is 15.3. The van der Waals surface area contributed by atoms with Crippen LogP contribution in [0.5, 0.6) is 0 Å². The minimum absolute atomic E-state index is 0.00637. The highest BCUT2D eigenvalue weighted by Crippen LogP contribution is 2.26. The maximum Gasteiger partial charge on any atom is 0.244 e. The second kappa shape index (κ2) is 7.54. The Bertz CT molecular complexity index is 509. The summed E-state index contributed by atoms with van der Waals surface area (Å²) in [7, 11) is -1.72. The maximum atomic E-state index is 12.7. The van der Waals surface area contributed by atoms with Crippen molar-refractivity contribution in [2.75, 3.05) is 13.6 Å². The second-order valence-corrected chi connectivity index (χ2v) is 8.45. The van der Waals surface area contributed by atoms with E-state index in [1.165, 1.54) is 15.6 Å². The first kappa shape index (κ1) is 17.6. The fourth-order valence-electron chi connectivity index (χ4n) is 2.15. The molecule has 0 amide bonds. The molecule has 20 heavy (non-hydrogen) atoms. The molecule has 1 atom stereocenters. The third-order valence-electron chi connectivity index (χ3n) is 3.33. The third-order valence-corrected chi connectivity index (χ3v) is 6.44. The molecule has 1 rings (SSSR count). The van der Waals surface area contributed by atoms with Gasteiger partial charge in [-0.05, 0) is 37.3 Å². The summed E-state index contributed by atoms with van der Waals surface area (Å²) >= 11 is 1.49. The van der Waals surface area contributed by atoms with Crippen LogP contribution in [0.1, 0.15) is 39.0 Å². The second-order valence-electron chi connectivity index (χ2n) is 5.49. The number of rotatable bonds is 8. The average molecular weight is 319 g/mol. The van der Waals surface area contributed by atoms with E-state index < -0.39 is 10.0 Å². The van der Waals surface area contributed by atoms with Crippen molar-refractivity contribution in [2.45, 2.75) is 51.6 Å². The summed E-state index contributed by atoms with van der Waals surface area (Å²) in [4.78, 5) is 1.33. The van der Waals surface area contributed by atoms with Gasteiger partial charge in [0.25, 0.3) is 0 Å². The summed E-state index contributed by atoms with van der Waals surface area (Å²) in [6.07, 6.45) is 0.864. The van der Waals surface area contributed by atoms with Gasteiger partial charge >= 0.3 is 0 Å². The van der Waals surface area contributed by atoms with Crippen molar-refractivity contribution in [3.8, 4) is 0 Å². The van der Waals surface area contributed by atoms with Crippen LogP contribution in [0.3, 0.4) is 0 Å². The molecule has 0 radical (unpaired) electrons. The molecule has 0 bridgehead atoms. The van der Waals surface area contributed by atoms with Crippen molar-refractivity contribution < 1.29 is 8.42 Å². The van der Waals surface area contributed by atoms with Crippen LogP contribution in [0.25, 0.3) is 0 Å². The van der Waals surface area contributed by atoms with Gasteiger partial charge in [-0.1, -0.05) is 20.8 Å². The van der Waals surface area contributed by atoms with Gasteiger partial charge in [-0.3, -0.25) is 0 Å². The number of sulfonamides is 1. The normalized spacial score (nSPS) is 14.2. The van der Waals surface area contributed by atoms with E-state index in [1.54, 1.807) is 13.1 Å². The lowest BCUT2D eigenvalue weighted by atomic mass is 10.1. The fourth-order valence-corrected chi connectivity index (χ4v) is 4.90. The first-order valence-corrected chi connectivity index (χ1v) is 9.37. The zero-order valence-electron chi connectivity index (χ0n) is 13.0. The molecule has 1 aromatic heterocycles. The first-order valence-electron chi connectivity index (χ1n) is 7.05. The first-order chi connectivity index (χ1) is 9.30. The van der Waals surface area contributed by atoms with E-state index in [4.69, 9.17) is 0 Å². The van der Waals surface area contributed by atoms with Crippen LogP contribution in [-0.4, -0.2) is 32.4 Å². The van der Waals surface area contributed by atoms with E-state index in [-0.39, 0.29) is 6.04 Å². The molecular formula is C14H26N2O2S2. The van der Waals surface area contributed by atoms with Gasteiger partial charge in [-0.15, -0.1) is 11.3 Å². The highest BCUT2D eigenvalue weighted by atomic mass is 32.2. The van der Waals surface area contributed by atoms with E-state index in [1.807, 2.05) is 19.2 Å². The molecule has 0 aliphatic rings. The highest BCUT2D eigenvalue weighted by molar-refractivity contribution is 7.89. The SMILES string of the molecule is CCNCc1sccc1S(=O)(=O)N(C)C(C)CC(C)C. The molecular weight excluding hydrogens is 292 g/mol. The molecule has 0 aliphatic carbocycles. The van der Waals surface area contributed by atoms with Gasteiger partial charge in [0.2, 0.25) is 10.0 Å². The van der Waals surface area contributed by atoms with Crippen LogP contribution in [0.4, 0.5) is 0 Å². The minimum atomic E-state index is -3.40. The predicted octanol–water partition coefficient (Wildman–Crippen LogP) is 2.91. The van der Waals surface area contributed by atoms with E-state index in [0.29, 0.717) is 17.4 Å². The van der Waals surface area contributed by atoms with E-state index in [9.17, 15) is 8.42 Å². The van der Waals surface area contributed by atoms with Gasteiger partial charge in [-0.25, -0.2) is 8.42 Å². The van der Waals surface area contributed by atoms with Gasteiger partial charge < -0.3 is 5.32 Å². The minimum Gasteiger partial charge on any atom is -0.312 e. The molecule has 0 spiro atoms. The molecule has 1 unspecified atom stereocenters. The van der Waals surface area contributed by atoms with E-state index in [0.717, 1.165) is 17.8 Å². The van der Waals surface area contributed by atoms with Crippen LogP contribution < -0.4 is 5.32 Å². The van der Waals surface area contributed by atoms with Crippen LogP contribution in [0.15, 0.2) is 16.3 Å². The number of nitrogens with one attached hydrogen (secondary N) is 1. The topological polar surface area (TPSA) is 49.4 Å². The number of nitrogens with zero attached hydrogens (tertiary/aromatic N) is 1. The van der Waals surface area contributed by atoms with Crippen LogP contribution in [0, 0.1) is 5.92 Å². The number of hydrogen-bond acceptors (Lipinski definition) is 4. The highest BCUT2D eigenvalue weighted by Gasteiger charge is 2.28. The molecule has 116 valence electrons. The maximum absolute atomic E-state index is 12.7. The molecule has 0 aromatic carbocycles. The number of hydrogen-bond donors (Lipinski definition) is 1. The Kier molecular flexibility index (Phi) is 6.64. The van der Waals surface area contributed by atoms with Crippen molar-refractivity contribution in [3.05, 3.63) is 16.3 Å². The molecule has 4 nitrogen and oxygen atoms in total. The Hall–Kier alpha value is -0.430. The summed E-state index contributed by atoms with van der Waals surface area (Å²) in [5, 5.41) is 5.04. The quantitative estimate of drug-likeness (QED) is 0.802. The van der Waals surface area contributed by atoms with Gasteiger partial charge in [-0.2, -0.15) is 4.31 Å². The fraction of sp³-hybridized carbons (Fsp3) is 0.714. The predicted molar refractivity (Wildman–Crippen MR) is 85.6 cm³/mol. The molecule has 0 aliphatic heterocycles. The van der Waals surface area contributed by atoms with Crippen LogP contribution >= 0.6 is 11.3 Å². The van der Waals surface area contributed by atoms with Crippen molar-refractivity contribution in [3.63, 3.8) is 0 Å². The van der Waals surface area contributed by atoms with E-state index in [2.05, 4.69) is 19.2 Å². The summed E-state index contributed by atoms with van der Waals surface area (Å²) in [6, 6.07) is 1.72. The molecule has 1 N–H and O–H groups in total. The van der Waals surface area contributed by atoms with Crippen LogP contribution in [-0.2, 0) is 16.6 Å².